The first-order valence-electron chi connectivity index (χ1n) is 15.9. The number of allylic oxidation sites excluding steroid dienone is 5. The van der Waals surface area contributed by atoms with Gasteiger partial charge in [-0.3, -0.25) is 9.59 Å². The number of morpholine rings is 1. The first-order chi connectivity index (χ1) is 23.8. The topological polar surface area (TPSA) is 187 Å². The molecule has 2 aliphatic heterocycles. The van der Waals surface area contributed by atoms with E-state index in [-0.39, 0.29) is 46.4 Å². The molecule has 4 N–H and O–H groups in total. The van der Waals surface area contributed by atoms with Gasteiger partial charge in [-0.25, -0.2) is 0 Å². The molecule has 5 aliphatic rings. The number of rotatable bonds is 5. The largest absolute Gasteiger partial charge is 0.507 e. The van der Waals surface area contributed by atoms with Crippen molar-refractivity contribution in [2.24, 2.45) is 0 Å². The molecule has 49 heavy (non-hydrogen) atoms. The van der Waals surface area contributed by atoms with Crippen LogP contribution in [0.1, 0.15) is 70.4 Å². The van der Waals surface area contributed by atoms with E-state index in [0.717, 1.165) is 50.9 Å². The predicted octanol–water partition coefficient (Wildman–Crippen LogP) is 2.88. The summed E-state index contributed by atoms with van der Waals surface area (Å²) in [5.74, 6) is -0.334. The Bertz CT molecular complexity index is 1430. The number of aldehydes is 1. The molecule has 3 aliphatic carbocycles. The van der Waals surface area contributed by atoms with Gasteiger partial charge in [0.1, 0.15) is 42.7 Å². The minimum atomic E-state index is -0.485. The van der Waals surface area contributed by atoms with Gasteiger partial charge in [0.25, 0.3) is 0 Å². The van der Waals surface area contributed by atoms with E-state index >= 15 is 0 Å². The highest BCUT2D eigenvalue weighted by molar-refractivity contribution is 6.33. The molecule has 0 bridgehead atoms. The van der Waals surface area contributed by atoms with Gasteiger partial charge in [0, 0.05) is 49.8 Å². The Balaban J connectivity index is 0.000000357. The Morgan fingerprint density at radius 2 is 1.71 bits per heavy atom. The summed E-state index contributed by atoms with van der Waals surface area (Å²) in [6, 6.07) is -0.0660. The molecule has 2 heterocycles. The third kappa shape index (κ3) is 9.87. The Morgan fingerprint density at radius 1 is 1.02 bits per heavy atom. The number of phenols is 2. The highest BCUT2D eigenvalue weighted by Gasteiger charge is 2.42. The lowest BCUT2D eigenvalue weighted by Crippen LogP contribution is -2.42. The van der Waals surface area contributed by atoms with Gasteiger partial charge in [-0.05, 0) is 44.1 Å². The molecular formula is C36H47NO12. The lowest BCUT2D eigenvalue weighted by molar-refractivity contribution is -0.123. The van der Waals surface area contributed by atoms with E-state index < -0.39 is 17.9 Å². The molecular weight excluding hydrogens is 638 g/mol. The number of aromatic hydroxyl groups is 2. The summed E-state index contributed by atoms with van der Waals surface area (Å²) < 4.78 is 25.8. The van der Waals surface area contributed by atoms with Crippen LogP contribution in [0.5, 0.6) is 11.5 Å². The van der Waals surface area contributed by atoms with E-state index in [2.05, 4.69) is 18.2 Å². The second-order valence-corrected chi connectivity index (χ2v) is 11.2. The standard InChI is InChI=1S/C23H24O7.C5H9NO2.C5H10O2.C2H2.CH2O/c1-28-10-16(30-3)11-7-8-12-14(9-11)22(26)18-19(20(12)24)23(27)17-13(21(18)25)5-4-6-15(17)29-2;7-3-5-4-8-2-1-6-5;6-5-3-1-2-4-7-5;2*1-2/h5,24,26H,4,6-10H2,1-3H3;3,5-6H,1-2,4H2;5-6H,1-4H2;1-2H;1H2/b16-11-;;;;. The smallest absolute Gasteiger partial charge is 0.201 e. The summed E-state index contributed by atoms with van der Waals surface area (Å²) in [6.07, 6.45) is 15.5. The summed E-state index contributed by atoms with van der Waals surface area (Å²) in [5, 5.41) is 33.7. The van der Waals surface area contributed by atoms with Crippen LogP contribution in [0.2, 0.25) is 0 Å². The molecule has 6 rings (SSSR count). The van der Waals surface area contributed by atoms with Crippen molar-refractivity contribution in [3.8, 4) is 24.3 Å². The van der Waals surface area contributed by atoms with Gasteiger partial charge in [-0.1, -0.05) is 6.08 Å². The number of methoxy groups -OCH3 is 3. The number of ketones is 2. The Morgan fingerprint density at radius 3 is 2.22 bits per heavy atom. The molecule has 2 fully saturated rings. The zero-order valence-corrected chi connectivity index (χ0v) is 28.4. The van der Waals surface area contributed by atoms with Gasteiger partial charge < -0.3 is 53.9 Å². The molecule has 1 aromatic rings. The normalized spacial score (nSPS) is 21.7. The first kappa shape index (κ1) is 40.9. The summed E-state index contributed by atoms with van der Waals surface area (Å²) in [6.45, 7) is 5.08. The van der Waals surface area contributed by atoms with Crippen LogP contribution in [0.3, 0.4) is 0 Å². The maximum atomic E-state index is 13.3. The number of terminal acetylenes is 1. The lowest BCUT2D eigenvalue weighted by Gasteiger charge is -2.30. The van der Waals surface area contributed by atoms with Crippen LogP contribution in [0, 0.1) is 12.8 Å². The van der Waals surface area contributed by atoms with Gasteiger partial charge in [0.05, 0.1) is 50.2 Å². The average molecular weight is 686 g/mol. The number of nitrogens with one attached hydrogen (secondary N) is 1. The van der Waals surface area contributed by atoms with Crippen LogP contribution in [0.15, 0.2) is 34.3 Å². The van der Waals surface area contributed by atoms with Crippen molar-refractivity contribution in [1.82, 2.24) is 5.32 Å². The number of ether oxygens (including phenoxy) is 5. The van der Waals surface area contributed by atoms with E-state index in [1.54, 1.807) is 20.3 Å². The number of phenolic OH excluding ortho intramolecular Hbond substituents is 2. The number of carbonyl (C=O) groups is 4. The fourth-order valence-corrected chi connectivity index (χ4v) is 6.02. The maximum Gasteiger partial charge on any atom is 0.201 e. The molecule has 0 saturated carbocycles. The number of aliphatic hydroxyl groups is 1. The SMILES string of the molecule is C#C.C=O.COC/C(OC)=C1\CCc2c(O)c3c(c(O)c2C1)C(=O)C1=CCCC(OC)=C1C3=O.O=CC1COCCN1.OC1CCCCO1. The lowest BCUT2D eigenvalue weighted by atomic mass is 9.74. The maximum absolute atomic E-state index is 13.3. The fraction of sp³-hybridized carbons (Fsp3) is 0.500. The zero-order chi connectivity index (χ0) is 36.5. The van der Waals surface area contributed by atoms with Crippen molar-refractivity contribution in [3.63, 3.8) is 0 Å². The van der Waals surface area contributed by atoms with Crippen molar-refractivity contribution >= 4 is 24.6 Å². The van der Waals surface area contributed by atoms with Crippen LogP contribution in [-0.4, -0.2) is 107 Å². The highest BCUT2D eigenvalue weighted by atomic mass is 16.6. The second-order valence-electron chi connectivity index (χ2n) is 11.2. The highest BCUT2D eigenvalue weighted by Crippen LogP contribution is 2.48. The van der Waals surface area contributed by atoms with Gasteiger partial charge >= 0.3 is 0 Å². The average Bonchev–Trinajstić information content (AvgIpc) is 3.16. The van der Waals surface area contributed by atoms with Gasteiger partial charge in [0.15, 0.2) is 12.1 Å². The van der Waals surface area contributed by atoms with Crippen LogP contribution in [0.25, 0.3) is 0 Å². The molecule has 1 aromatic carbocycles. The molecule has 0 spiro atoms. The van der Waals surface area contributed by atoms with Gasteiger partial charge in [0.2, 0.25) is 5.78 Å². The van der Waals surface area contributed by atoms with Crippen molar-refractivity contribution in [3.05, 3.63) is 56.6 Å². The van der Waals surface area contributed by atoms with Crippen LogP contribution >= 0.6 is 0 Å². The minimum absolute atomic E-state index is 0.0660. The number of benzene rings is 1. The molecule has 13 heteroatoms. The van der Waals surface area contributed by atoms with Crippen molar-refractivity contribution in [1.29, 1.82) is 0 Å². The van der Waals surface area contributed by atoms with Crippen molar-refractivity contribution in [2.45, 2.75) is 63.7 Å². The van der Waals surface area contributed by atoms with E-state index in [0.29, 0.717) is 61.4 Å². The third-order valence-corrected chi connectivity index (χ3v) is 8.35. The number of aliphatic hydroxyl groups excluding tert-OH is 1. The molecule has 2 saturated heterocycles. The van der Waals surface area contributed by atoms with Crippen LogP contribution in [-0.2, 0) is 46.1 Å². The third-order valence-electron chi connectivity index (χ3n) is 8.35. The Kier molecular flexibility index (Phi) is 17.4. The van der Waals surface area contributed by atoms with E-state index in [1.807, 2.05) is 6.79 Å². The summed E-state index contributed by atoms with van der Waals surface area (Å²) in [5.41, 5.74) is 2.03. The molecule has 2 atom stereocenters. The number of Topliss-reactive ketones (excluding diaryl/α,β-unsaturated/α-hetero) is 2. The minimum Gasteiger partial charge on any atom is -0.507 e. The van der Waals surface area contributed by atoms with E-state index in [9.17, 15) is 24.6 Å². The first-order valence-corrected chi connectivity index (χ1v) is 15.9. The fourth-order valence-electron chi connectivity index (χ4n) is 6.02. The van der Waals surface area contributed by atoms with E-state index in [4.69, 9.17) is 33.6 Å². The predicted molar refractivity (Wildman–Crippen MR) is 179 cm³/mol. The molecule has 0 amide bonds. The quantitative estimate of drug-likeness (QED) is 0.154. The van der Waals surface area contributed by atoms with Gasteiger partial charge in [-0.15, -0.1) is 12.8 Å². The Labute approximate surface area is 286 Å². The second kappa shape index (κ2) is 20.9. The summed E-state index contributed by atoms with van der Waals surface area (Å²) in [4.78, 5) is 44.6. The van der Waals surface area contributed by atoms with Crippen LogP contribution in [0.4, 0.5) is 0 Å². The monoisotopic (exact) mass is 685 g/mol. The number of hydrogen-bond acceptors (Lipinski definition) is 13. The number of fused-ring (bicyclic) bond motifs is 3. The summed E-state index contributed by atoms with van der Waals surface area (Å²) >= 11 is 0. The zero-order valence-electron chi connectivity index (χ0n) is 28.4. The number of hydrogen-bond donors (Lipinski definition) is 4. The summed E-state index contributed by atoms with van der Waals surface area (Å²) in [7, 11) is 4.58. The van der Waals surface area contributed by atoms with Crippen molar-refractivity contribution in [2.75, 3.05) is 54.3 Å². The van der Waals surface area contributed by atoms with Crippen molar-refractivity contribution < 1.29 is 58.2 Å². The molecule has 268 valence electrons. The molecule has 0 radical (unpaired) electrons. The molecule has 2 unspecified atom stereocenters. The molecule has 0 aromatic heterocycles. The number of carbonyl (C=O) groups excluding carboxylic acids is 4. The van der Waals surface area contributed by atoms with Crippen LogP contribution < -0.4 is 5.32 Å². The Hall–Kier alpha value is -4.32. The molecule has 13 nitrogen and oxygen atoms in total. The van der Waals surface area contributed by atoms with Gasteiger partial charge in [-0.2, -0.15) is 0 Å². The van der Waals surface area contributed by atoms with E-state index in [1.165, 1.54) is 7.11 Å².